The topological polar surface area (TPSA) is 93.0 Å². The van der Waals surface area contributed by atoms with E-state index in [-0.39, 0.29) is 31.8 Å². The van der Waals surface area contributed by atoms with E-state index in [9.17, 15) is 22.8 Å². The van der Waals surface area contributed by atoms with E-state index in [0.717, 1.165) is 21.2 Å². The number of nitrogens with one attached hydrogen (secondary N) is 1. The number of halogens is 3. The van der Waals surface area contributed by atoms with Gasteiger partial charge in [-0.25, -0.2) is 4.98 Å². The molecule has 1 N–H and O–H groups in total. The fourth-order valence-electron chi connectivity index (χ4n) is 3.60. The first-order chi connectivity index (χ1) is 14.7. The van der Waals surface area contributed by atoms with E-state index >= 15 is 0 Å². The third-order valence-electron chi connectivity index (χ3n) is 5.27. The molecule has 31 heavy (non-hydrogen) atoms. The Balaban J connectivity index is 1.43. The number of benzene rings is 1. The molecule has 0 unspecified atom stereocenters. The number of likely N-dealkylation sites (tertiary alicyclic amines) is 1. The molecule has 3 heterocycles. The maximum atomic E-state index is 12.6. The number of nitrogens with zero attached hydrogens (tertiary/aromatic N) is 5. The van der Waals surface area contributed by atoms with E-state index in [1.54, 1.807) is 30.2 Å². The highest BCUT2D eigenvalue weighted by Crippen LogP contribution is 2.26. The van der Waals surface area contributed by atoms with Crippen molar-refractivity contribution in [1.82, 2.24) is 24.9 Å². The highest BCUT2D eigenvalue weighted by atomic mass is 19.4. The summed E-state index contributed by atoms with van der Waals surface area (Å²) in [7, 11) is 1.78. The van der Waals surface area contributed by atoms with Crippen LogP contribution in [0.1, 0.15) is 12.8 Å². The van der Waals surface area contributed by atoms with Gasteiger partial charge >= 0.3 is 12.1 Å². The first kappa shape index (κ1) is 20.8. The van der Waals surface area contributed by atoms with Gasteiger partial charge in [-0.05, 0) is 30.4 Å². The molecule has 162 valence electrons. The second kappa shape index (κ2) is 7.97. The Labute approximate surface area is 175 Å². The third kappa shape index (κ3) is 4.49. The number of piperidine rings is 1. The van der Waals surface area contributed by atoms with Gasteiger partial charge in [0.25, 0.3) is 0 Å². The van der Waals surface area contributed by atoms with Crippen LogP contribution < -0.4 is 5.32 Å². The van der Waals surface area contributed by atoms with Crippen LogP contribution in [0.4, 0.5) is 19.0 Å². The summed E-state index contributed by atoms with van der Waals surface area (Å²) >= 11 is 0. The molecule has 0 atom stereocenters. The molecule has 1 fully saturated rings. The zero-order chi connectivity index (χ0) is 22.2. The number of rotatable bonds is 3. The molecule has 4 rings (SSSR count). The summed E-state index contributed by atoms with van der Waals surface area (Å²) in [6.07, 6.45) is -1.14. The van der Waals surface area contributed by atoms with Crippen LogP contribution in [-0.4, -0.2) is 56.0 Å². The average molecular weight is 432 g/mol. The first-order valence-corrected chi connectivity index (χ1v) is 9.64. The minimum absolute atomic E-state index is 0.108. The monoisotopic (exact) mass is 432 g/mol. The molecule has 1 saturated heterocycles. The number of aryl methyl sites for hydroxylation is 1. The van der Waals surface area contributed by atoms with Crippen LogP contribution in [0.2, 0.25) is 0 Å². The van der Waals surface area contributed by atoms with Gasteiger partial charge in [0.05, 0.1) is 6.20 Å². The van der Waals surface area contributed by atoms with Crippen LogP contribution in [0.3, 0.4) is 0 Å². The molecule has 1 aliphatic rings. The fourth-order valence-corrected chi connectivity index (χ4v) is 3.60. The average Bonchev–Trinajstić information content (AvgIpc) is 3.18. The molecule has 8 nitrogen and oxygen atoms in total. The number of carbonyl (C=O) groups is 2. The molecule has 3 aromatic rings. The van der Waals surface area contributed by atoms with Crippen molar-refractivity contribution < 1.29 is 22.8 Å². The number of aromatic nitrogens is 4. The van der Waals surface area contributed by atoms with E-state index < -0.39 is 18.0 Å². The molecule has 1 aromatic carbocycles. The normalized spacial score (nSPS) is 15.3. The van der Waals surface area contributed by atoms with Gasteiger partial charge in [-0.2, -0.15) is 13.2 Å². The lowest BCUT2D eigenvalue weighted by atomic mass is 9.96. The van der Waals surface area contributed by atoms with Gasteiger partial charge in [0, 0.05) is 43.2 Å². The number of alkyl halides is 3. The number of carbonyl (C=O) groups excluding carboxylic acids is 2. The van der Waals surface area contributed by atoms with Gasteiger partial charge < -0.3 is 10.2 Å². The minimum atomic E-state index is -4.89. The van der Waals surface area contributed by atoms with Crippen LogP contribution in [0, 0.1) is 5.92 Å². The Morgan fingerprint density at radius 2 is 1.87 bits per heavy atom. The van der Waals surface area contributed by atoms with Gasteiger partial charge in [0.1, 0.15) is 11.5 Å². The van der Waals surface area contributed by atoms with Crippen molar-refractivity contribution in [3.63, 3.8) is 0 Å². The highest BCUT2D eigenvalue weighted by Gasteiger charge is 2.43. The van der Waals surface area contributed by atoms with Crippen molar-refractivity contribution in [3.8, 4) is 11.3 Å². The van der Waals surface area contributed by atoms with Crippen molar-refractivity contribution in [1.29, 1.82) is 0 Å². The van der Waals surface area contributed by atoms with Gasteiger partial charge in [-0.15, -0.1) is 5.10 Å². The van der Waals surface area contributed by atoms with E-state index in [4.69, 9.17) is 0 Å². The summed E-state index contributed by atoms with van der Waals surface area (Å²) in [5.74, 6) is -2.32. The standard InChI is InChI=1S/C20H19F3N6O2/c1-28-11-16(26-27-28)13-2-3-14-10-24-17(9-15(14)8-13)25-18(30)12-4-6-29(7-5-12)19(31)20(21,22)23/h2-3,8-12H,4-7H2,1H3,(H,24,25,30). The van der Waals surface area contributed by atoms with Crippen molar-refractivity contribution in [3.05, 3.63) is 36.7 Å². The lowest BCUT2D eigenvalue weighted by Gasteiger charge is -2.31. The first-order valence-electron chi connectivity index (χ1n) is 9.64. The number of amides is 2. The highest BCUT2D eigenvalue weighted by molar-refractivity contribution is 5.95. The summed E-state index contributed by atoms with van der Waals surface area (Å²) in [6.45, 7) is -0.216. The van der Waals surface area contributed by atoms with Crippen LogP contribution in [0.15, 0.2) is 36.7 Å². The number of anilines is 1. The van der Waals surface area contributed by atoms with E-state index in [1.165, 1.54) is 0 Å². The summed E-state index contributed by atoms with van der Waals surface area (Å²) in [5, 5.41) is 12.5. The van der Waals surface area contributed by atoms with E-state index in [2.05, 4.69) is 20.6 Å². The molecule has 0 aliphatic carbocycles. The van der Waals surface area contributed by atoms with E-state index in [1.807, 2.05) is 18.2 Å². The lowest BCUT2D eigenvalue weighted by Crippen LogP contribution is -2.46. The summed E-state index contributed by atoms with van der Waals surface area (Å²) < 4.78 is 39.3. The molecule has 0 bridgehead atoms. The Kier molecular flexibility index (Phi) is 5.34. The molecule has 1 aliphatic heterocycles. The van der Waals surface area contributed by atoms with Crippen molar-refractivity contribution in [2.24, 2.45) is 13.0 Å². The molecule has 0 spiro atoms. The Hall–Kier alpha value is -3.50. The number of hydrogen-bond acceptors (Lipinski definition) is 5. The number of pyridine rings is 1. The zero-order valence-corrected chi connectivity index (χ0v) is 16.6. The molecule has 11 heteroatoms. The number of hydrogen-bond donors (Lipinski definition) is 1. The third-order valence-corrected chi connectivity index (χ3v) is 5.27. The van der Waals surface area contributed by atoms with Crippen molar-refractivity contribution >= 4 is 28.4 Å². The van der Waals surface area contributed by atoms with Crippen molar-refractivity contribution in [2.75, 3.05) is 18.4 Å². The largest absolute Gasteiger partial charge is 0.471 e. The molecule has 0 radical (unpaired) electrons. The maximum absolute atomic E-state index is 12.6. The fraction of sp³-hybridized carbons (Fsp3) is 0.350. The molecule has 2 aromatic heterocycles. The smallest absolute Gasteiger partial charge is 0.335 e. The van der Waals surface area contributed by atoms with Gasteiger partial charge in [-0.1, -0.05) is 17.3 Å². The second-order valence-corrected chi connectivity index (χ2v) is 7.46. The zero-order valence-electron chi connectivity index (χ0n) is 16.6. The van der Waals surface area contributed by atoms with Crippen molar-refractivity contribution in [2.45, 2.75) is 19.0 Å². The quantitative estimate of drug-likeness (QED) is 0.687. The van der Waals surface area contributed by atoms with Crippen LogP contribution in [0.25, 0.3) is 22.0 Å². The maximum Gasteiger partial charge on any atom is 0.471 e. The Morgan fingerprint density at radius 3 is 2.52 bits per heavy atom. The van der Waals surface area contributed by atoms with Crippen LogP contribution >= 0.6 is 0 Å². The minimum Gasteiger partial charge on any atom is -0.335 e. The van der Waals surface area contributed by atoms with Gasteiger partial charge in [0.15, 0.2) is 0 Å². The molecular formula is C20H19F3N6O2. The lowest BCUT2D eigenvalue weighted by molar-refractivity contribution is -0.186. The predicted octanol–water partition coefficient (Wildman–Crippen LogP) is 2.77. The molecular weight excluding hydrogens is 413 g/mol. The summed E-state index contributed by atoms with van der Waals surface area (Å²) in [4.78, 5) is 28.9. The second-order valence-electron chi connectivity index (χ2n) is 7.46. The SMILES string of the molecule is Cn1cc(-c2ccc3cnc(NC(=O)C4CCN(C(=O)C(F)(F)F)CC4)cc3c2)nn1. The van der Waals surface area contributed by atoms with Gasteiger partial charge in [0.2, 0.25) is 5.91 Å². The van der Waals surface area contributed by atoms with Crippen LogP contribution in [0.5, 0.6) is 0 Å². The van der Waals surface area contributed by atoms with E-state index in [0.29, 0.717) is 11.5 Å². The Bertz CT molecular complexity index is 1140. The van der Waals surface area contributed by atoms with Crippen LogP contribution in [-0.2, 0) is 16.6 Å². The number of fused-ring (bicyclic) bond motifs is 1. The predicted molar refractivity (Wildman–Crippen MR) is 106 cm³/mol. The van der Waals surface area contributed by atoms with Gasteiger partial charge in [-0.3, -0.25) is 14.3 Å². The molecule has 2 amide bonds. The Morgan fingerprint density at radius 1 is 1.13 bits per heavy atom. The molecule has 0 saturated carbocycles. The summed E-state index contributed by atoms with van der Waals surface area (Å²) in [5.41, 5.74) is 1.58. The summed E-state index contributed by atoms with van der Waals surface area (Å²) in [6, 6.07) is 7.45.